The van der Waals surface area contributed by atoms with E-state index >= 15 is 0 Å². The summed E-state index contributed by atoms with van der Waals surface area (Å²) in [6.07, 6.45) is 0. The van der Waals surface area contributed by atoms with Crippen LogP contribution in [0.4, 0.5) is 10.1 Å². The Bertz CT molecular complexity index is 606. The minimum atomic E-state index is -0.314. The maximum Gasteiger partial charge on any atom is 0.145 e. The van der Waals surface area contributed by atoms with Crippen molar-refractivity contribution < 1.29 is 9.13 Å². The lowest BCUT2D eigenvalue weighted by atomic mass is 10.2. The molecular weight excluding hydrogens is 345 g/mol. The molecule has 0 atom stereocenters. The monoisotopic (exact) mass is 357 g/mol. The second-order valence-electron chi connectivity index (χ2n) is 4.18. The Labute approximate surface area is 131 Å². The average molecular weight is 359 g/mol. The van der Waals surface area contributed by atoms with Crippen LogP contribution in [0.1, 0.15) is 12.5 Å². The van der Waals surface area contributed by atoms with E-state index in [0.29, 0.717) is 23.9 Å². The predicted octanol–water partition coefficient (Wildman–Crippen LogP) is 5.25. The molecule has 0 spiro atoms. The molecular formula is C15H14BrClFNO. The van der Waals surface area contributed by atoms with Gasteiger partial charge in [-0.05, 0) is 52.7 Å². The quantitative estimate of drug-likeness (QED) is 0.788. The van der Waals surface area contributed by atoms with Gasteiger partial charge in [0.15, 0.2) is 0 Å². The number of rotatable bonds is 5. The van der Waals surface area contributed by atoms with Crippen LogP contribution in [0.15, 0.2) is 40.9 Å². The maximum atomic E-state index is 13.2. The topological polar surface area (TPSA) is 21.3 Å². The van der Waals surface area contributed by atoms with Crippen molar-refractivity contribution in [2.24, 2.45) is 0 Å². The lowest BCUT2D eigenvalue weighted by molar-refractivity contribution is 0.340. The van der Waals surface area contributed by atoms with Crippen molar-refractivity contribution in [3.63, 3.8) is 0 Å². The summed E-state index contributed by atoms with van der Waals surface area (Å²) in [6.45, 7) is 2.93. The van der Waals surface area contributed by atoms with E-state index in [1.807, 2.05) is 25.1 Å². The van der Waals surface area contributed by atoms with Crippen LogP contribution in [0, 0.1) is 5.82 Å². The lowest BCUT2D eigenvalue weighted by Gasteiger charge is -2.13. The number of ether oxygens (including phenoxy) is 1. The minimum absolute atomic E-state index is 0.314. The number of anilines is 1. The van der Waals surface area contributed by atoms with Gasteiger partial charge in [-0.25, -0.2) is 4.39 Å². The highest BCUT2D eigenvalue weighted by Gasteiger charge is 2.06. The molecule has 20 heavy (non-hydrogen) atoms. The zero-order valence-corrected chi connectivity index (χ0v) is 13.3. The van der Waals surface area contributed by atoms with Gasteiger partial charge in [0.2, 0.25) is 0 Å². The molecule has 2 rings (SSSR count). The van der Waals surface area contributed by atoms with Gasteiger partial charge in [-0.1, -0.05) is 17.7 Å². The van der Waals surface area contributed by atoms with E-state index < -0.39 is 0 Å². The summed E-state index contributed by atoms with van der Waals surface area (Å²) in [7, 11) is 0. The third-order valence-corrected chi connectivity index (χ3v) is 3.94. The molecule has 1 N–H and O–H groups in total. The Morgan fingerprint density at radius 3 is 2.75 bits per heavy atom. The van der Waals surface area contributed by atoms with E-state index in [4.69, 9.17) is 16.3 Å². The lowest BCUT2D eigenvalue weighted by Crippen LogP contribution is -2.03. The number of hydrogen-bond acceptors (Lipinski definition) is 2. The Morgan fingerprint density at radius 2 is 2.05 bits per heavy atom. The molecule has 0 fully saturated rings. The smallest absolute Gasteiger partial charge is 0.145 e. The molecule has 0 saturated carbocycles. The van der Waals surface area contributed by atoms with Crippen LogP contribution < -0.4 is 10.1 Å². The highest BCUT2D eigenvalue weighted by Crippen LogP contribution is 2.27. The largest absolute Gasteiger partial charge is 0.492 e. The van der Waals surface area contributed by atoms with Crippen LogP contribution in [0.2, 0.25) is 5.02 Å². The van der Waals surface area contributed by atoms with Gasteiger partial charge in [-0.15, -0.1) is 0 Å². The summed E-state index contributed by atoms with van der Waals surface area (Å²) < 4.78 is 19.5. The molecule has 0 radical (unpaired) electrons. The molecule has 2 aromatic rings. The van der Waals surface area contributed by atoms with Crippen molar-refractivity contribution in [1.29, 1.82) is 0 Å². The van der Waals surface area contributed by atoms with Gasteiger partial charge >= 0.3 is 0 Å². The molecule has 2 aromatic carbocycles. The fourth-order valence-corrected chi connectivity index (χ4v) is 2.21. The fourth-order valence-electron chi connectivity index (χ4n) is 1.76. The van der Waals surface area contributed by atoms with Gasteiger partial charge in [0.25, 0.3) is 0 Å². The number of benzene rings is 2. The van der Waals surface area contributed by atoms with Crippen LogP contribution in [-0.2, 0) is 6.54 Å². The second-order valence-corrected chi connectivity index (χ2v) is 5.44. The standard InChI is InChI=1S/C15H14BrClFNO/c1-2-20-15-8-11(18)4-6-14(15)19-9-10-3-5-12(16)13(17)7-10/h3-8,19H,2,9H2,1H3. The van der Waals surface area contributed by atoms with Gasteiger partial charge in [0, 0.05) is 17.1 Å². The third-order valence-electron chi connectivity index (χ3n) is 2.71. The third kappa shape index (κ3) is 3.87. The Balaban J connectivity index is 2.11. The molecule has 0 aliphatic carbocycles. The Kier molecular flexibility index (Phi) is 5.26. The summed E-state index contributed by atoms with van der Waals surface area (Å²) in [6, 6.07) is 10.2. The molecule has 0 unspecified atom stereocenters. The van der Waals surface area contributed by atoms with Crippen LogP contribution in [0.5, 0.6) is 5.75 Å². The van der Waals surface area contributed by atoms with Crippen molar-refractivity contribution in [2.45, 2.75) is 13.5 Å². The first kappa shape index (κ1) is 15.1. The van der Waals surface area contributed by atoms with E-state index in [1.54, 1.807) is 6.07 Å². The molecule has 0 heterocycles. The summed E-state index contributed by atoms with van der Waals surface area (Å²) in [5, 5.41) is 3.88. The van der Waals surface area contributed by atoms with Gasteiger partial charge in [-0.3, -0.25) is 0 Å². The normalized spacial score (nSPS) is 10.4. The van der Waals surface area contributed by atoms with E-state index in [-0.39, 0.29) is 5.82 Å². The summed E-state index contributed by atoms with van der Waals surface area (Å²) in [5.74, 6) is 0.196. The van der Waals surface area contributed by atoms with Crippen molar-refractivity contribution >= 4 is 33.2 Å². The van der Waals surface area contributed by atoms with Crippen molar-refractivity contribution in [2.75, 3.05) is 11.9 Å². The first-order chi connectivity index (χ1) is 9.60. The first-order valence-corrected chi connectivity index (χ1v) is 7.37. The Morgan fingerprint density at radius 1 is 1.25 bits per heavy atom. The molecule has 5 heteroatoms. The van der Waals surface area contributed by atoms with Crippen molar-refractivity contribution in [3.8, 4) is 5.75 Å². The number of nitrogens with one attached hydrogen (secondary N) is 1. The molecule has 106 valence electrons. The average Bonchev–Trinajstić information content (AvgIpc) is 2.42. The highest BCUT2D eigenvalue weighted by atomic mass is 79.9. The molecule has 0 aliphatic heterocycles. The van der Waals surface area contributed by atoms with E-state index in [0.717, 1.165) is 15.7 Å². The molecule has 0 amide bonds. The second kappa shape index (κ2) is 6.95. The zero-order valence-electron chi connectivity index (χ0n) is 10.9. The van der Waals surface area contributed by atoms with Crippen LogP contribution in [0.3, 0.4) is 0 Å². The molecule has 2 nitrogen and oxygen atoms in total. The van der Waals surface area contributed by atoms with Gasteiger partial charge in [0.1, 0.15) is 11.6 Å². The summed E-state index contributed by atoms with van der Waals surface area (Å²) >= 11 is 9.40. The van der Waals surface area contributed by atoms with Crippen LogP contribution >= 0.6 is 27.5 Å². The molecule has 0 aromatic heterocycles. The summed E-state index contributed by atoms with van der Waals surface area (Å²) in [4.78, 5) is 0. The zero-order chi connectivity index (χ0) is 14.5. The maximum absolute atomic E-state index is 13.2. The van der Waals surface area contributed by atoms with E-state index in [2.05, 4.69) is 21.2 Å². The Hall–Kier alpha value is -1.26. The van der Waals surface area contributed by atoms with E-state index in [9.17, 15) is 4.39 Å². The first-order valence-electron chi connectivity index (χ1n) is 6.20. The summed E-state index contributed by atoms with van der Waals surface area (Å²) in [5.41, 5.74) is 1.79. The number of hydrogen-bond donors (Lipinski definition) is 1. The number of halogens is 3. The molecule has 0 saturated heterocycles. The fraction of sp³-hybridized carbons (Fsp3) is 0.200. The van der Waals surface area contributed by atoms with Crippen LogP contribution in [-0.4, -0.2) is 6.61 Å². The SMILES string of the molecule is CCOc1cc(F)ccc1NCc1ccc(Br)c(Cl)c1. The van der Waals surface area contributed by atoms with Crippen molar-refractivity contribution in [1.82, 2.24) is 0 Å². The van der Waals surface area contributed by atoms with Gasteiger partial charge < -0.3 is 10.1 Å². The minimum Gasteiger partial charge on any atom is -0.492 e. The predicted molar refractivity (Wildman–Crippen MR) is 84.0 cm³/mol. The molecule has 0 aliphatic rings. The van der Waals surface area contributed by atoms with Crippen molar-refractivity contribution in [3.05, 3.63) is 57.3 Å². The van der Waals surface area contributed by atoms with Crippen LogP contribution in [0.25, 0.3) is 0 Å². The van der Waals surface area contributed by atoms with Gasteiger partial charge in [0.05, 0.1) is 17.3 Å². The molecule has 0 bridgehead atoms. The highest BCUT2D eigenvalue weighted by molar-refractivity contribution is 9.10. The van der Waals surface area contributed by atoms with E-state index in [1.165, 1.54) is 12.1 Å². The van der Waals surface area contributed by atoms with Gasteiger partial charge in [-0.2, -0.15) is 0 Å².